The second-order valence-corrected chi connectivity index (χ2v) is 18.1. The summed E-state index contributed by atoms with van der Waals surface area (Å²) in [7, 11) is 1.74. The number of ketones is 1. The quantitative estimate of drug-likeness (QED) is 0.0420. The maximum Gasteiger partial charge on any atom is 0.186 e. The maximum absolute atomic E-state index is 13.7. The number of benzene rings is 2. The molecule has 312 valence electrons. The van der Waals surface area contributed by atoms with E-state index in [4.69, 9.17) is 20.9 Å². The molecule has 0 saturated heterocycles. The number of ether oxygens (including phenoxy) is 2. The molecule has 2 bridgehead atoms. The average Bonchev–Trinajstić information content (AvgIpc) is 3.92. The van der Waals surface area contributed by atoms with Crippen LogP contribution in [0, 0.1) is 41.4 Å². The minimum absolute atomic E-state index is 0.000345. The summed E-state index contributed by atoms with van der Waals surface area (Å²) in [6.07, 6.45) is 18.5. The number of aromatic hydroxyl groups is 2. The van der Waals surface area contributed by atoms with E-state index in [9.17, 15) is 20.1 Å². The predicted octanol–water partition coefficient (Wildman–Crippen LogP) is 8.33. The number of fused-ring (bicyclic) bond motifs is 6. The Morgan fingerprint density at radius 2 is 1.79 bits per heavy atom. The van der Waals surface area contributed by atoms with Crippen LogP contribution in [0.5, 0.6) is 17.2 Å². The van der Waals surface area contributed by atoms with Crippen molar-refractivity contribution in [3.63, 3.8) is 0 Å². The van der Waals surface area contributed by atoms with Gasteiger partial charge in [0.25, 0.3) is 0 Å². The van der Waals surface area contributed by atoms with E-state index in [1.807, 2.05) is 18.2 Å². The fraction of sp³-hybridized carbons (Fsp3) is 0.592. The molecule has 0 aromatic heterocycles. The van der Waals surface area contributed by atoms with Crippen molar-refractivity contribution in [1.82, 2.24) is 0 Å². The zero-order valence-corrected chi connectivity index (χ0v) is 34.6. The summed E-state index contributed by atoms with van der Waals surface area (Å²) < 4.78 is 12.8. The van der Waals surface area contributed by atoms with Crippen LogP contribution in [0.1, 0.15) is 137 Å². The van der Waals surface area contributed by atoms with E-state index in [0.29, 0.717) is 43.5 Å². The van der Waals surface area contributed by atoms with Gasteiger partial charge < -0.3 is 36.3 Å². The largest absolute Gasteiger partial charge is 0.508 e. The number of guanidine groups is 1. The van der Waals surface area contributed by atoms with Gasteiger partial charge in [-0.2, -0.15) is 0 Å². The highest BCUT2D eigenvalue weighted by Crippen LogP contribution is 2.59. The van der Waals surface area contributed by atoms with Gasteiger partial charge in [-0.1, -0.05) is 68.2 Å². The second-order valence-electron chi connectivity index (χ2n) is 18.1. The smallest absolute Gasteiger partial charge is 0.186 e. The molecule has 5 aliphatic carbocycles. The molecular formula is C49H65N3O6. The minimum Gasteiger partial charge on any atom is -0.508 e. The van der Waals surface area contributed by atoms with Gasteiger partial charge in [0.2, 0.25) is 0 Å². The molecule has 0 aliphatic heterocycles. The van der Waals surface area contributed by atoms with E-state index >= 15 is 0 Å². The van der Waals surface area contributed by atoms with Crippen molar-refractivity contribution in [2.75, 3.05) is 20.3 Å². The molecule has 7 rings (SSSR count). The molecule has 0 spiro atoms. The monoisotopic (exact) mass is 791 g/mol. The first kappa shape index (κ1) is 41.9. The van der Waals surface area contributed by atoms with Crippen molar-refractivity contribution >= 4 is 11.7 Å². The molecular weight excluding hydrogens is 727 g/mol. The van der Waals surface area contributed by atoms with Gasteiger partial charge in [0.05, 0.1) is 25.4 Å². The van der Waals surface area contributed by atoms with Gasteiger partial charge >= 0.3 is 0 Å². The molecule has 7 atom stereocenters. The highest BCUT2D eigenvalue weighted by atomic mass is 16.5. The lowest BCUT2D eigenvalue weighted by molar-refractivity contribution is -0.114. The van der Waals surface area contributed by atoms with Crippen LogP contribution in [-0.2, 0) is 16.0 Å². The molecule has 5 aliphatic rings. The fourth-order valence-electron chi connectivity index (χ4n) is 11.2. The van der Waals surface area contributed by atoms with Gasteiger partial charge in [0.1, 0.15) is 5.75 Å². The molecule has 0 heterocycles. The lowest BCUT2D eigenvalue weighted by Gasteiger charge is -2.49. The number of aryl methyl sites for hydroxylation is 1. The van der Waals surface area contributed by atoms with Gasteiger partial charge in [-0.3, -0.25) is 4.79 Å². The van der Waals surface area contributed by atoms with Gasteiger partial charge in [-0.25, -0.2) is 4.99 Å². The van der Waals surface area contributed by atoms with Crippen molar-refractivity contribution < 1.29 is 29.6 Å². The fourth-order valence-corrected chi connectivity index (χ4v) is 11.2. The van der Waals surface area contributed by atoms with Crippen molar-refractivity contribution in [2.45, 2.75) is 134 Å². The summed E-state index contributed by atoms with van der Waals surface area (Å²) in [5, 5.41) is 33.5. The highest BCUT2D eigenvalue weighted by Gasteiger charge is 2.48. The second kappa shape index (κ2) is 19.2. The predicted molar refractivity (Wildman–Crippen MR) is 229 cm³/mol. The Morgan fingerprint density at radius 3 is 2.52 bits per heavy atom. The van der Waals surface area contributed by atoms with E-state index in [0.717, 1.165) is 79.2 Å². The minimum atomic E-state index is -0.255. The number of methoxy groups -OCH3 is 1. The van der Waals surface area contributed by atoms with Gasteiger partial charge in [0.15, 0.2) is 23.2 Å². The number of hydrogen-bond donors (Lipinski definition) is 5. The zero-order valence-electron chi connectivity index (χ0n) is 34.6. The molecule has 0 amide bonds. The van der Waals surface area contributed by atoms with E-state index in [1.54, 1.807) is 19.3 Å². The molecule has 2 aromatic rings. The third-order valence-corrected chi connectivity index (χ3v) is 13.9. The highest BCUT2D eigenvalue weighted by molar-refractivity contribution is 5.90. The van der Waals surface area contributed by atoms with Crippen LogP contribution < -0.4 is 16.2 Å². The standard InChI is InChI=1S/C49H65N3O6/c1-30-21-41(33-11-7-13-37(54)25-33)42-26-35-24-36(52-49(50)51)12-8-16-40-34(19-20-38(55)23-32(28-53)18-17-31-9-3-4-10-31)27-45(58-39-14-5-6-15-39)48(56)47(40)46(43(42)22-30)44(35)29-57-2/h7,11,13,23,25-27,30-31,35-36,39,41,43-44,46,53-54,56H,3-6,9-10,12,14-15,17-22,24,28-29H2,1-2H3,(H4,50,51,52). The molecule has 3 fully saturated rings. The number of phenols is 2. The number of carbonyl (C=O) groups is 1. The van der Waals surface area contributed by atoms with E-state index in [1.165, 1.54) is 31.3 Å². The molecule has 58 heavy (non-hydrogen) atoms. The Morgan fingerprint density at radius 1 is 1.02 bits per heavy atom. The van der Waals surface area contributed by atoms with E-state index in [2.05, 4.69) is 35.9 Å². The van der Waals surface area contributed by atoms with Crippen LogP contribution >= 0.6 is 0 Å². The third kappa shape index (κ3) is 9.77. The van der Waals surface area contributed by atoms with Crippen molar-refractivity contribution in [2.24, 2.45) is 46.0 Å². The Hall–Kier alpha value is -4.26. The number of hydrogen-bond acceptors (Lipinski definition) is 7. The summed E-state index contributed by atoms with van der Waals surface area (Å²) in [6.45, 7) is 2.65. The molecule has 7 unspecified atom stereocenters. The van der Waals surface area contributed by atoms with E-state index in [-0.39, 0.29) is 78.0 Å². The number of aliphatic imine (C=N–C) groups is 1. The molecule has 9 heteroatoms. The SMILES string of the molecule is COCC1C2C=C3C(c4cccc(O)c4)CC(C)CC3C1c1c(O)c(OC3CCCC3)cc(CCC(=O)C=C(CO)CCC3CCCC3)c1C#CCC(N=C(N)N)C2. The number of nitrogens with two attached hydrogens (primary N) is 2. The maximum atomic E-state index is 13.7. The van der Waals surface area contributed by atoms with E-state index < -0.39 is 0 Å². The zero-order chi connectivity index (χ0) is 40.8. The van der Waals surface area contributed by atoms with Crippen molar-refractivity contribution in [3.05, 3.63) is 75.9 Å². The van der Waals surface area contributed by atoms with Crippen LogP contribution in [0.25, 0.3) is 0 Å². The molecule has 9 nitrogen and oxygen atoms in total. The topological polar surface area (TPSA) is 161 Å². The molecule has 0 radical (unpaired) electrons. The Bertz CT molecular complexity index is 1930. The third-order valence-electron chi connectivity index (χ3n) is 13.9. The summed E-state index contributed by atoms with van der Waals surface area (Å²) in [6, 6.07) is 9.32. The summed E-state index contributed by atoms with van der Waals surface area (Å²) in [5.41, 5.74) is 17.7. The Labute approximate surface area is 345 Å². The van der Waals surface area contributed by atoms with Crippen LogP contribution in [0.15, 0.2) is 58.6 Å². The van der Waals surface area contributed by atoms with Crippen LogP contribution in [0.3, 0.4) is 0 Å². The average molecular weight is 792 g/mol. The van der Waals surface area contributed by atoms with Gasteiger partial charge in [-0.05, 0) is 135 Å². The lowest BCUT2D eigenvalue weighted by atomic mass is 9.55. The van der Waals surface area contributed by atoms with Crippen molar-refractivity contribution in [1.29, 1.82) is 0 Å². The normalized spacial score (nSPS) is 27.5. The number of rotatable bonds is 14. The lowest BCUT2D eigenvalue weighted by Crippen LogP contribution is -2.41. The van der Waals surface area contributed by atoms with Crippen LogP contribution in [0.4, 0.5) is 0 Å². The van der Waals surface area contributed by atoms with Crippen LogP contribution in [0.2, 0.25) is 0 Å². The molecule has 7 N–H and O–H groups in total. The first-order chi connectivity index (χ1) is 28.1. The van der Waals surface area contributed by atoms with Crippen molar-refractivity contribution in [3.8, 4) is 29.1 Å². The summed E-state index contributed by atoms with van der Waals surface area (Å²) in [5.74, 6) is 8.76. The number of allylic oxidation sites excluding steroid dienone is 3. The number of carbonyl (C=O) groups excluding carboxylic acids is 1. The Kier molecular flexibility index (Phi) is 13.9. The first-order valence-electron chi connectivity index (χ1n) is 22.1. The first-order valence-corrected chi connectivity index (χ1v) is 22.1. The van der Waals surface area contributed by atoms with Crippen LogP contribution in [-0.4, -0.2) is 59.5 Å². The summed E-state index contributed by atoms with van der Waals surface area (Å²) >= 11 is 0. The van der Waals surface area contributed by atoms with Gasteiger partial charge in [0, 0.05) is 42.9 Å². The Balaban J connectivity index is 1.36. The number of phenolic OH excluding ortho intramolecular Hbond substituents is 2. The number of nitrogens with zero attached hydrogens (tertiary/aromatic N) is 1. The molecule has 3 saturated carbocycles. The number of aliphatic hydroxyl groups is 1. The summed E-state index contributed by atoms with van der Waals surface area (Å²) in [4.78, 5) is 18.4. The molecule has 2 aromatic carbocycles. The van der Waals surface area contributed by atoms with Gasteiger partial charge in [-0.15, -0.1) is 0 Å². The number of aliphatic hydroxyl groups excluding tert-OH is 1.